The van der Waals surface area contributed by atoms with Gasteiger partial charge in [-0.05, 0) is 53.6 Å². The fourth-order valence-electron chi connectivity index (χ4n) is 2.91. The molecule has 4 rings (SSSR count). The summed E-state index contributed by atoms with van der Waals surface area (Å²) in [7, 11) is 1.66. The lowest BCUT2D eigenvalue weighted by atomic mass is 10.1. The van der Waals surface area contributed by atoms with Gasteiger partial charge in [-0.2, -0.15) is 0 Å². The first-order valence-electron chi connectivity index (χ1n) is 8.90. The summed E-state index contributed by atoms with van der Waals surface area (Å²) >= 11 is 7.75. The summed E-state index contributed by atoms with van der Waals surface area (Å²) in [5.74, 6) is 0.827. The van der Waals surface area contributed by atoms with Gasteiger partial charge in [0, 0.05) is 10.7 Å². The third-order valence-electron chi connectivity index (χ3n) is 4.38. The largest absolute Gasteiger partial charge is 0.497 e. The van der Waals surface area contributed by atoms with Crippen molar-refractivity contribution in [2.24, 2.45) is 4.99 Å². The summed E-state index contributed by atoms with van der Waals surface area (Å²) in [5.41, 5.74) is 4.20. The molecule has 1 aliphatic heterocycles. The highest BCUT2D eigenvalue weighted by atomic mass is 35.5. The second kappa shape index (κ2) is 8.55. The van der Waals surface area contributed by atoms with Gasteiger partial charge in [-0.15, -0.1) is 0 Å². The molecule has 1 N–H and O–H groups in total. The Morgan fingerprint density at radius 2 is 1.64 bits per heavy atom. The monoisotopic (exact) mass is 406 g/mol. The van der Waals surface area contributed by atoms with Crippen molar-refractivity contribution in [3.8, 4) is 5.75 Å². The molecule has 0 saturated carbocycles. The number of hydrogen-bond donors (Lipinski definition) is 1. The molecule has 0 aliphatic carbocycles. The Kier molecular flexibility index (Phi) is 5.70. The lowest BCUT2D eigenvalue weighted by Gasteiger charge is -2.22. The van der Waals surface area contributed by atoms with E-state index >= 15 is 0 Å². The Morgan fingerprint density at radius 1 is 0.929 bits per heavy atom. The molecule has 1 heterocycles. The van der Waals surface area contributed by atoms with Crippen LogP contribution in [0.5, 0.6) is 5.75 Å². The van der Waals surface area contributed by atoms with Crippen molar-refractivity contribution < 1.29 is 4.74 Å². The van der Waals surface area contributed by atoms with E-state index in [9.17, 15) is 0 Å². The normalized spacial score (nSPS) is 16.1. The van der Waals surface area contributed by atoms with E-state index in [0.29, 0.717) is 0 Å². The van der Waals surface area contributed by atoms with Crippen molar-refractivity contribution in [1.29, 1.82) is 0 Å². The zero-order valence-electron chi connectivity index (χ0n) is 15.3. The predicted molar refractivity (Wildman–Crippen MR) is 120 cm³/mol. The van der Waals surface area contributed by atoms with E-state index in [1.54, 1.807) is 18.9 Å². The fourth-order valence-corrected chi connectivity index (χ4v) is 4.10. The van der Waals surface area contributed by atoms with Gasteiger partial charge in [0.1, 0.15) is 5.75 Å². The maximum atomic E-state index is 6.07. The van der Waals surface area contributed by atoms with Gasteiger partial charge in [-0.1, -0.05) is 65.8 Å². The van der Waals surface area contributed by atoms with Crippen LogP contribution in [0.25, 0.3) is 5.70 Å². The van der Waals surface area contributed by atoms with E-state index in [-0.39, 0.29) is 5.25 Å². The maximum Gasteiger partial charge on any atom is 0.167 e. The van der Waals surface area contributed by atoms with E-state index in [1.807, 2.05) is 54.6 Å². The predicted octanol–water partition coefficient (Wildman–Crippen LogP) is 6.65. The fraction of sp³-hybridized carbons (Fsp3) is 0.0870. The van der Waals surface area contributed by atoms with Crippen LogP contribution in [0.15, 0.2) is 89.9 Å². The molecule has 0 saturated heterocycles. The Balaban J connectivity index is 1.65. The average molecular weight is 407 g/mol. The van der Waals surface area contributed by atoms with Crippen LogP contribution in [0.2, 0.25) is 5.02 Å². The Labute approximate surface area is 174 Å². The molecular weight excluding hydrogens is 388 g/mol. The molecule has 3 aromatic rings. The number of ether oxygens (including phenoxy) is 1. The molecule has 28 heavy (non-hydrogen) atoms. The Hall–Kier alpha value is -2.69. The van der Waals surface area contributed by atoms with Crippen molar-refractivity contribution in [1.82, 2.24) is 0 Å². The van der Waals surface area contributed by atoms with Gasteiger partial charge >= 0.3 is 0 Å². The van der Waals surface area contributed by atoms with Gasteiger partial charge in [0.15, 0.2) is 5.17 Å². The van der Waals surface area contributed by atoms with E-state index in [0.717, 1.165) is 32.9 Å². The first-order valence-corrected chi connectivity index (χ1v) is 10.2. The minimum Gasteiger partial charge on any atom is -0.497 e. The Morgan fingerprint density at radius 3 is 2.32 bits per heavy atom. The number of nitrogens with one attached hydrogen (secondary N) is 1. The first-order chi connectivity index (χ1) is 13.7. The van der Waals surface area contributed by atoms with Crippen molar-refractivity contribution in [2.75, 3.05) is 12.4 Å². The number of nitrogens with zero attached hydrogens (tertiary/aromatic N) is 1. The molecule has 5 heteroatoms. The smallest absolute Gasteiger partial charge is 0.167 e. The molecule has 0 aromatic heterocycles. The summed E-state index contributed by atoms with van der Waals surface area (Å²) in [6, 6.07) is 26.0. The van der Waals surface area contributed by atoms with Crippen LogP contribution in [0.1, 0.15) is 16.4 Å². The molecule has 3 nitrogen and oxygen atoms in total. The zero-order chi connectivity index (χ0) is 19.3. The van der Waals surface area contributed by atoms with E-state index in [1.165, 1.54) is 5.56 Å². The quantitative estimate of drug-likeness (QED) is 0.526. The van der Waals surface area contributed by atoms with Crippen LogP contribution in [0.3, 0.4) is 0 Å². The molecule has 0 spiro atoms. The number of hydrogen-bond acceptors (Lipinski definition) is 4. The first kappa shape index (κ1) is 18.7. The zero-order valence-corrected chi connectivity index (χ0v) is 16.9. The van der Waals surface area contributed by atoms with Gasteiger partial charge in [0.05, 0.1) is 18.1 Å². The number of rotatable bonds is 4. The number of halogens is 1. The molecule has 0 bridgehead atoms. The molecule has 0 radical (unpaired) electrons. The number of methoxy groups -OCH3 is 1. The summed E-state index contributed by atoms with van der Waals surface area (Å²) in [5, 5.41) is 5.17. The number of benzene rings is 3. The van der Waals surface area contributed by atoms with Crippen molar-refractivity contribution >= 4 is 39.9 Å². The molecule has 140 valence electrons. The van der Waals surface area contributed by atoms with Crippen LogP contribution in [-0.2, 0) is 0 Å². The summed E-state index contributed by atoms with van der Waals surface area (Å²) in [6.45, 7) is 0. The molecule has 1 aliphatic rings. The lowest BCUT2D eigenvalue weighted by molar-refractivity contribution is 0.415. The minimum absolute atomic E-state index is 0.144. The van der Waals surface area contributed by atoms with E-state index in [4.69, 9.17) is 21.3 Å². The summed E-state index contributed by atoms with van der Waals surface area (Å²) in [4.78, 5) is 4.86. The van der Waals surface area contributed by atoms with Gasteiger partial charge in [0.25, 0.3) is 0 Å². The van der Waals surface area contributed by atoms with Gasteiger partial charge < -0.3 is 10.1 Å². The van der Waals surface area contributed by atoms with E-state index < -0.39 is 0 Å². The highest BCUT2D eigenvalue weighted by Crippen LogP contribution is 2.39. The molecule has 0 amide bonds. The Bertz CT molecular complexity index is 999. The number of amidine groups is 1. The topological polar surface area (TPSA) is 33.6 Å². The molecule has 0 fully saturated rings. The van der Waals surface area contributed by atoms with Crippen LogP contribution in [0.4, 0.5) is 5.69 Å². The molecule has 3 aromatic carbocycles. The lowest BCUT2D eigenvalue weighted by Crippen LogP contribution is -2.13. The third kappa shape index (κ3) is 4.41. The number of aliphatic imine (C=N–C) groups is 1. The standard InChI is InChI=1S/C23H19ClN2OS/c1-27-20-13-11-19(12-14-20)25-23-26-21(16-5-3-2-4-6-16)15-22(28-23)17-7-9-18(24)10-8-17/h2-15,22H,1H3,(H,25,26). The minimum atomic E-state index is 0.144. The second-order valence-corrected chi connectivity index (χ2v) is 7.85. The van der Waals surface area contributed by atoms with Gasteiger partial charge in [0.2, 0.25) is 0 Å². The maximum absolute atomic E-state index is 6.07. The molecule has 1 atom stereocenters. The average Bonchev–Trinajstić information content (AvgIpc) is 2.75. The molecule has 1 unspecified atom stereocenters. The van der Waals surface area contributed by atoms with Gasteiger partial charge in [-0.3, -0.25) is 0 Å². The van der Waals surface area contributed by atoms with Crippen molar-refractivity contribution in [3.05, 3.63) is 101 Å². The van der Waals surface area contributed by atoms with Crippen molar-refractivity contribution in [3.63, 3.8) is 0 Å². The number of anilines is 1. The van der Waals surface area contributed by atoms with Crippen LogP contribution < -0.4 is 10.1 Å². The van der Waals surface area contributed by atoms with Crippen molar-refractivity contribution in [2.45, 2.75) is 5.25 Å². The van der Waals surface area contributed by atoms with Crippen LogP contribution in [0, 0.1) is 0 Å². The highest BCUT2D eigenvalue weighted by Gasteiger charge is 2.20. The molecular formula is C23H19ClN2OS. The number of thioether (sulfide) groups is 1. The highest BCUT2D eigenvalue weighted by molar-refractivity contribution is 8.14. The second-order valence-electron chi connectivity index (χ2n) is 6.28. The van der Waals surface area contributed by atoms with Crippen LogP contribution in [-0.4, -0.2) is 12.3 Å². The third-order valence-corrected chi connectivity index (χ3v) is 5.71. The van der Waals surface area contributed by atoms with E-state index in [2.05, 4.69) is 35.7 Å². The van der Waals surface area contributed by atoms with Gasteiger partial charge in [-0.25, -0.2) is 4.99 Å². The SMILES string of the molecule is COc1ccc(NC2=NC(c3ccccc3)=CC(c3ccc(Cl)cc3)S2)cc1. The van der Waals surface area contributed by atoms with Crippen LogP contribution >= 0.6 is 23.4 Å². The summed E-state index contributed by atoms with van der Waals surface area (Å²) in [6.07, 6.45) is 2.20. The summed E-state index contributed by atoms with van der Waals surface area (Å²) < 4.78 is 5.24.